The molecule has 32 heavy (non-hydrogen) atoms. The molecular formula is C22H19F3N2O4S. The van der Waals surface area contributed by atoms with Gasteiger partial charge in [-0.3, -0.25) is 9.52 Å². The number of aryl methyl sites for hydroxylation is 2. The van der Waals surface area contributed by atoms with Gasteiger partial charge in [0.05, 0.1) is 4.90 Å². The number of carbonyl (C=O) groups excluding carboxylic acids is 1. The molecule has 0 radical (unpaired) electrons. The maximum atomic E-state index is 12.8. The lowest BCUT2D eigenvalue weighted by Gasteiger charge is -2.13. The first kappa shape index (κ1) is 23.1. The van der Waals surface area contributed by atoms with Crippen molar-refractivity contribution in [1.82, 2.24) is 0 Å². The molecule has 0 aliphatic heterocycles. The lowest BCUT2D eigenvalue weighted by atomic mass is 10.1. The van der Waals surface area contributed by atoms with Crippen LogP contribution < -0.4 is 14.8 Å². The highest BCUT2D eigenvalue weighted by molar-refractivity contribution is 7.92. The largest absolute Gasteiger partial charge is 0.573 e. The fourth-order valence-corrected chi connectivity index (χ4v) is 4.14. The van der Waals surface area contributed by atoms with Crippen LogP contribution in [0.3, 0.4) is 0 Å². The summed E-state index contributed by atoms with van der Waals surface area (Å²) >= 11 is 0. The van der Waals surface area contributed by atoms with Crippen molar-refractivity contribution in [2.24, 2.45) is 0 Å². The molecule has 0 saturated heterocycles. The average Bonchev–Trinajstić information content (AvgIpc) is 2.70. The molecule has 0 atom stereocenters. The van der Waals surface area contributed by atoms with Gasteiger partial charge in [-0.2, -0.15) is 0 Å². The summed E-state index contributed by atoms with van der Waals surface area (Å²) in [6.07, 6.45) is -4.82. The Labute approximate surface area is 183 Å². The fourth-order valence-electron chi connectivity index (χ4n) is 2.81. The van der Waals surface area contributed by atoms with Crippen molar-refractivity contribution >= 4 is 27.3 Å². The molecule has 3 aromatic rings. The first-order valence-electron chi connectivity index (χ1n) is 9.30. The van der Waals surface area contributed by atoms with Crippen LogP contribution in [-0.2, 0) is 10.0 Å². The van der Waals surface area contributed by atoms with E-state index in [1.54, 1.807) is 31.2 Å². The molecule has 2 N–H and O–H groups in total. The van der Waals surface area contributed by atoms with E-state index in [-0.39, 0.29) is 16.1 Å². The molecule has 3 aromatic carbocycles. The lowest BCUT2D eigenvalue weighted by molar-refractivity contribution is -0.274. The molecule has 0 fully saturated rings. The quantitative estimate of drug-likeness (QED) is 0.522. The summed E-state index contributed by atoms with van der Waals surface area (Å²) in [4.78, 5) is 12.5. The Morgan fingerprint density at radius 3 is 2.06 bits per heavy atom. The molecule has 10 heteroatoms. The van der Waals surface area contributed by atoms with Gasteiger partial charge in [-0.1, -0.05) is 23.8 Å². The average molecular weight is 464 g/mol. The van der Waals surface area contributed by atoms with Gasteiger partial charge in [0.25, 0.3) is 15.9 Å². The van der Waals surface area contributed by atoms with E-state index in [1.165, 1.54) is 30.3 Å². The van der Waals surface area contributed by atoms with Crippen LogP contribution in [0.15, 0.2) is 71.6 Å². The van der Waals surface area contributed by atoms with Gasteiger partial charge in [-0.25, -0.2) is 8.42 Å². The lowest BCUT2D eigenvalue weighted by Crippen LogP contribution is -2.18. The second-order valence-corrected chi connectivity index (χ2v) is 8.63. The van der Waals surface area contributed by atoms with Crippen LogP contribution in [0.1, 0.15) is 21.5 Å². The van der Waals surface area contributed by atoms with E-state index in [0.717, 1.165) is 17.7 Å². The molecule has 0 aliphatic carbocycles. The third kappa shape index (κ3) is 6.01. The minimum atomic E-state index is -4.82. The van der Waals surface area contributed by atoms with Gasteiger partial charge in [-0.15, -0.1) is 13.2 Å². The maximum Gasteiger partial charge on any atom is 0.573 e. The number of alkyl halides is 3. The summed E-state index contributed by atoms with van der Waals surface area (Å²) in [5, 5.41) is 2.51. The number of rotatable bonds is 6. The van der Waals surface area contributed by atoms with E-state index in [9.17, 15) is 26.4 Å². The predicted molar refractivity (Wildman–Crippen MR) is 114 cm³/mol. The van der Waals surface area contributed by atoms with Gasteiger partial charge >= 0.3 is 6.36 Å². The van der Waals surface area contributed by atoms with E-state index >= 15 is 0 Å². The number of benzene rings is 3. The molecule has 168 valence electrons. The molecule has 0 unspecified atom stereocenters. The third-order valence-electron chi connectivity index (χ3n) is 4.39. The summed E-state index contributed by atoms with van der Waals surface area (Å²) in [7, 11) is -3.96. The molecule has 1 amide bonds. The minimum absolute atomic E-state index is 0.0653. The normalized spacial score (nSPS) is 11.7. The number of sulfonamides is 1. The van der Waals surface area contributed by atoms with Crippen molar-refractivity contribution in [3.63, 3.8) is 0 Å². The zero-order valence-corrected chi connectivity index (χ0v) is 17.8. The Balaban J connectivity index is 1.78. The standard InChI is InChI=1S/C22H19F3N2O4S/c1-14-3-7-18(8-4-14)27-32(29,30)20-13-16(6-5-15(20)2)21(28)26-17-9-11-19(12-10-17)31-22(23,24)25/h3-13,27H,1-2H3,(H,26,28). The molecule has 0 aliphatic rings. The monoisotopic (exact) mass is 464 g/mol. The molecule has 0 spiro atoms. The van der Waals surface area contributed by atoms with Gasteiger partial charge < -0.3 is 10.1 Å². The van der Waals surface area contributed by atoms with E-state index in [2.05, 4.69) is 14.8 Å². The summed E-state index contributed by atoms with van der Waals surface area (Å²) in [6.45, 7) is 3.48. The van der Waals surface area contributed by atoms with Crippen molar-refractivity contribution in [2.75, 3.05) is 10.0 Å². The van der Waals surface area contributed by atoms with E-state index in [1.807, 2.05) is 6.92 Å². The first-order chi connectivity index (χ1) is 14.9. The molecule has 0 heterocycles. The minimum Gasteiger partial charge on any atom is -0.406 e. The van der Waals surface area contributed by atoms with Gasteiger partial charge in [0.15, 0.2) is 0 Å². The Morgan fingerprint density at radius 1 is 0.875 bits per heavy atom. The fraction of sp³-hybridized carbons (Fsp3) is 0.136. The summed E-state index contributed by atoms with van der Waals surface area (Å²) in [5.74, 6) is -1.05. The van der Waals surface area contributed by atoms with Crippen molar-refractivity contribution in [3.05, 3.63) is 83.4 Å². The van der Waals surface area contributed by atoms with Crippen LogP contribution in [0, 0.1) is 13.8 Å². The molecular weight excluding hydrogens is 445 g/mol. The Hall–Kier alpha value is -3.53. The number of amides is 1. The molecule has 6 nitrogen and oxygen atoms in total. The van der Waals surface area contributed by atoms with Crippen LogP contribution >= 0.6 is 0 Å². The smallest absolute Gasteiger partial charge is 0.406 e. The van der Waals surface area contributed by atoms with Crippen LogP contribution in [0.25, 0.3) is 0 Å². The highest BCUT2D eigenvalue weighted by atomic mass is 32.2. The summed E-state index contributed by atoms with van der Waals surface area (Å²) in [6, 6.07) is 15.6. The third-order valence-corrected chi connectivity index (χ3v) is 5.91. The Kier molecular flexibility index (Phi) is 6.45. The second-order valence-electron chi connectivity index (χ2n) is 6.98. The molecule has 0 aromatic heterocycles. The van der Waals surface area contributed by atoms with Gasteiger partial charge in [-0.05, 0) is 67.9 Å². The zero-order valence-electron chi connectivity index (χ0n) is 17.0. The molecule has 3 rings (SSSR count). The van der Waals surface area contributed by atoms with Crippen molar-refractivity contribution < 1.29 is 31.1 Å². The van der Waals surface area contributed by atoms with Crippen LogP contribution in [0.2, 0.25) is 0 Å². The van der Waals surface area contributed by atoms with Crippen molar-refractivity contribution in [3.8, 4) is 5.75 Å². The number of anilines is 2. The zero-order chi connectivity index (χ0) is 23.5. The van der Waals surface area contributed by atoms with Crippen LogP contribution in [-0.4, -0.2) is 20.7 Å². The van der Waals surface area contributed by atoms with E-state index in [4.69, 9.17) is 0 Å². The van der Waals surface area contributed by atoms with Gasteiger partial charge in [0, 0.05) is 16.9 Å². The van der Waals surface area contributed by atoms with Crippen LogP contribution in [0.5, 0.6) is 5.75 Å². The predicted octanol–water partition coefficient (Wildman–Crippen LogP) is 5.26. The number of carbonyl (C=O) groups is 1. The topological polar surface area (TPSA) is 84.5 Å². The molecule has 0 bridgehead atoms. The van der Waals surface area contributed by atoms with E-state index in [0.29, 0.717) is 11.3 Å². The summed E-state index contributed by atoms with van der Waals surface area (Å²) < 4.78 is 68.7. The van der Waals surface area contributed by atoms with Gasteiger partial charge in [0.2, 0.25) is 0 Å². The van der Waals surface area contributed by atoms with Crippen molar-refractivity contribution in [2.45, 2.75) is 25.1 Å². The van der Waals surface area contributed by atoms with Gasteiger partial charge in [0.1, 0.15) is 5.75 Å². The number of nitrogens with one attached hydrogen (secondary N) is 2. The Bertz CT molecular complexity index is 1220. The number of hydrogen-bond acceptors (Lipinski definition) is 4. The molecule has 0 saturated carbocycles. The summed E-state index contributed by atoms with van der Waals surface area (Å²) in [5.41, 5.74) is 2.07. The highest BCUT2D eigenvalue weighted by Crippen LogP contribution is 2.25. The van der Waals surface area contributed by atoms with Crippen molar-refractivity contribution in [1.29, 1.82) is 0 Å². The first-order valence-corrected chi connectivity index (χ1v) is 10.8. The second kappa shape index (κ2) is 8.91. The maximum absolute atomic E-state index is 12.8. The van der Waals surface area contributed by atoms with Crippen LogP contribution in [0.4, 0.5) is 24.5 Å². The number of hydrogen-bond donors (Lipinski definition) is 2. The number of halogens is 3. The van der Waals surface area contributed by atoms with E-state index < -0.39 is 28.0 Å². The Morgan fingerprint density at radius 2 is 1.47 bits per heavy atom. The number of ether oxygens (including phenoxy) is 1. The highest BCUT2D eigenvalue weighted by Gasteiger charge is 2.31. The SMILES string of the molecule is Cc1ccc(NS(=O)(=O)c2cc(C(=O)Nc3ccc(OC(F)(F)F)cc3)ccc2C)cc1.